The molecule has 0 atom stereocenters. The molecule has 1 heterocycles. The van der Waals surface area contributed by atoms with Gasteiger partial charge in [-0.2, -0.15) is 0 Å². The fourth-order valence-corrected chi connectivity index (χ4v) is 3.69. The first-order valence-electron chi connectivity index (χ1n) is 5.36. The molecule has 0 aliphatic carbocycles. The van der Waals surface area contributed by atoms with Gasteiger partial charge in [-0.25, -0.2) is 17.8 Å². The molecule has 0 saturated carbocycles. The van der Waals surface area contributed by atoms with Crippen LogP contribution in [-0.4, -0.2) is 13.4 Å². The topological polar surface area (TPSA) is 85.1 Å². The van der Waals surface area contributed by atoms with Gasteiger partial charge >= 0.3 is 0 Å². The van der Waals surface area contributed by atoms with Crippen molar-refractivity contribution in [3.63, 3.8) is 0 Å². The smallest absolute Gasteiger partial charge is 0.264 e. The molecular formula is C11H12FN3O2S2. The number of aromatic nitrogens is 1. The highest BCUT2D eigenvalue weighted by Crippen LogP contribution is 2.23. The van der Waals surface area contributed by atoms with Crippen molar-refractivity contribution in [3.05, 3.63) is 40.7 Å². The second-order valence-electron chi connectivity index (χ2n) is 3.84. The molecule has 8 heteroatoms. The van der Waals surface area contributed by atoms with E-state index in [1.54, 1.807) is 6.20 Å². The van der Waals surface area contributed by atoms with Gasteiger partial charge in [0.05, 0.1) is 4.90 Å². The molecule has 3 N–H and O–H groups in total. The van der Waals surface area contributed by atoms with Gasteiger partial charge in [0.1, 0.15) is 5.82 Å². The Morgan fingerprint density at radius 3 is 2.79 bits per heavy atom. The van der Waals surface area contributed by atoms with Crippen molar-refractivity contribution < 1.29 is 12.8 Å². The number of aryl methyl sites for hydroxylation is 1. The van der Waals surface area contributed by atoms with Crippen LogP contribution in [-0.2, 0) is 16.6 Å². The average molecular weight is 301 g/mol. The molecule has 102 valence electrons. The van der Waals surface area contributed by atoms with Crippen LogP contribution in [0, 0.1) is 12.7 Å². The quantitative estimate of drug-likeness (QED) is 0.902. The maximum Gasteiger partial charge on any atom is 0.264 e. The summed E-state index contributed by atoms with van der Waals surface area (Å²) in [6, 6.07) is 3.48. The minimum Gasteiger partial charge on any atom is -0.326 e. The van der Waals surface area contributed by atoms with Gasteiger partial charge in [0.25, 0.3) is 10.0 Å². The molecule has 0 amide bonds. The molecule has 0 fully saturated rings. The van der Waals surface area contributed by atoms with Crippen molar-refractivity contribution in [3.8, 4) is 0 Å². The molecule has 0 bridgehead atoms. The molecule has 0 aliphatic heterocycles. The van der Waals surface area contributed by atoms with E-state index in [4.69, 9.17) is 5.73 Å². The number of nitrogens with two attached hydrogens (primary N) is 1. The van der Waals surface area contributed by atoms with Crippen molar-refractivity contribution in [2.75, 3.05) is 4.72 Å². The standard InChI is InChI=1S/C11H12FN3O2S2/c1-7-6-14-11(18-7)15-19(16,17)10-4-9(12)3-2-8(10)5-13/h2-4,6H,5,13H2,1H3,(H,14,15). The maximum atomic E-state index is 13.2. The first kappa shape index (κ1) is 13.9. The summed E-state index contributed by atoms with van der Waals surface area (Å²) in [6.45, 7) is 1.82. The SMILES string of the molecule is Cc1cnc(NS(=O)(=O)c2cc(F)ccc2CN)s1. The summed E-state index contributed by atoms with van der Waals surface area (Å²) in [4.78, 5) is 4.61. The van der Waals surface area contributed by atoms with Crippen molar-refractivity contribution in [2.24, 2.45) is 5.73 Å². The van der Waals surface area contributed by atoms with Crippen LogP contribution in [0.15, 0.2) is 29.3 Å². The van der Waals surface area contributed by atoms with E-state index in [0.717, 1.165) is 10.9 Å². The number of nitrogens with one attached hydrogen (secondary N) is 1. The summed E-state index contributed by atoms with van der Waals surface area (Å²) in [5.41, 5.74) is 5.82. The van der Waals surface area contributed by atoms with Gasteiger partial charge in [0, 0.05) is 17.6 Å². The van der Waals surface area contributed by atoms with Crippen LogP contribution in [0.2, 0.25) is 0 Å². The molecule has 0 radical (unpaired) electrons. The van der Waals surface area contributed by atoms with Gasteiger partial charge in [-0.15, -0.1) is 11.3 Å². The lowest BCUT2D eigenvalue weighted by Gasteiger charge is -2.09. The van der Waals surface area contributed by atoms with E-state index < -0.39 is 15.8 Å². The Kier molecular flexibility index (Phi) is 3.83. The molecule has 2 aromatic rings. The summed E-state index contributed by atoms with van der Waals surface area (Å²) < 4.78 is 39.9. The third-order valence-corrected chi connectivity index (χ3v) is 4.76. The number of sulfonamides is 1. The average Bonchev–Trinajstić information content (AvgIpc) is 2.74. The Hall–Kier alpha value is -1.51. The predicted octanol–water partition coefficient (Wildman–Crippen LogP) is 1.85. The first-order valence-corrected chi connectivity index (χ1v) is 7.66. The van der Waals surface area contributed by atoms with Crippen molar-refractivity contribution in [1.82, 2.24) is 4.98 Å². The number of rotatable bonds is 4. The Morgan fingerprint density at radius 1 is 1.47 bits per heavy atom. The first-order chi connectivity index (χ1) is 8.92. The Bertz CT molecular complexity index is 698. The van der Waals surface area contributed by atoms with Crippen molar-refractivity contribution in [2.45, 2.75) is 18.4 Å². The highest BCUT2D eigenvalue weighted by molar-refractivity contribution is 7.93. The van der Waals surface area contributed by atoms with Gasteiger partial charge in [0.15, 0.2) is 5.13 Å². The van der Waals surface area contributed by atoms with Crippen molar-refractivity contribution >= 4 is 26.5 Å². The molecular weight excluding hydrogens is 289 g/mol. The number of hydrogen-bond donors (Lipinski definition) is 2. The van der Waals surface area contributed by atoms with Gasteiger partial charge < -0.3 is 5.73 Å². The highest BCUT2D eigenvalue weighted by atomic mass is 32.2. The molecule has 0 unspecified atom stereocenters. The molecule has 0 saturated heterocycles. The highest BCUT2D eigenvalue weighted by Gasteiger charge is 2.20. The van der Waals surface area contributed by atoms with E-state index in [-0.39, 0.29) is 16.6 Å². The summed E-state index contributed by atoms with van der Waals surface area (Å²) in [6.07, 6.45) is 1.55. The Labute approximate surface area is 114 Å². The van der Waals surface area contributed by atoms with Gasteiger partial charge in [-0.05, 0) is 24.6 Å². The monoisotopic (exact) mass is 301 g/mol. The van der Waals surface area contributed by atoms with E-state index >= 15 is 0 Å². The summed E-state index contributed by atoms with van der Waals surface area (Å²) >= 11 is 1.20. The van der Waals surface area contributed by atoms with Gasteiger partial charge in [-0.1, -0.05) is 6.07 Å². The summed E-state index contributed by atoms with van der Waals surface area (Å²) in [5, 5.41) is 0.240. The zero-order valence-corrected chi connectivity index (χ0v) is 11.7. The predicted molar refractivity (Wildman–Crippen MR) is 72.0 cm³/mol. The molecule has 19 heavy (non-hydrogen) atoms. The van der Waals surface area contributed by atoms with E-state index in [1.807, 2.05) is 6.92 Å². The number of hydrogen-bond acceptors (Lipinski definition) is 5. The minimum atomic E-state index is -3.89. The van der Waals surface area contributed by atoms with E-state index in [9.17, 15) is 12.8 Å². The van der Waals surface area contributed by atoms with Crippen LogP contribution >= 0.6 is 11.3 Å². The normalized spacial score (nSPS) is 11.5. The Morgan fingerprint density at radius 2 is 2.21 bits per heavy atom. The van der Waals surface area contributed by atoms with E-state index in [2.05, 4.69) is 9.71 Å². The number of nitrogens with zero attached hydrogens (tertiary/aromatic N) is 1. The second-order valence-corrected chi connectivity index (χ2v) is 6.72. The summed E-state index contributed by atoms with van der Waals surface area (Å²) in [7, 11) is -3.89. The van der Waals surface area contributed by atoms with Gasteiger partial charge in [0.2, 0.25) is 0 Å². The molecule has 0 spiro atoms. The van der Waals surface area contributed by atoms with E-state index in [1.165, 1.54) is 23.5 Å². The lowest BCUT2D eigenvalue weighted by molar-refractivity contribution is 0.593. The number of halogens is 1. The second kappa shape index (κ2) is 5.24. The third-order valence-electron chi connectivity index (χ3n) is 2.38. The number of anilines is 1. The zero-order valence-electron chi connectivity index (χ0n) is 10.1. The number of benzene rings is 1. The largest absolute Gasteiger partial charge is 0.326 e. The van der Waals surface area contributed by atoms with Crippen LogP contribution in [0.1, 0.15) is 10.4 Å². The lowest BCUT2D eigenvalue weighted by atomic mass is 10.2. The minimum absolute atomic E-state index is 0.00736. The molecule has 0 aliphatic rings. The third kappa shape index (κ3) is 3.09. The number of thiazole rings is 1. The lowest BCUT2D eigenvalue weighted by Crippen LogP contribution is -2.16. The fourth-order valence-electron chi connectivity index (χ4n) is 1.52. The molecule has 1 aromatic heterocycles. The maximum absolute atomic E-state index is 13.2. The van der Waals surface area contributed by atoms with Crippen LogP contribution in [0.4, 0.5) is 9.52 Å². The van der Waals surface area contributed by atoms with E-state index in [0.29, 0.717) is 5.56 Å². The zero-order chi connectivity index (χ0) is 14.0. The van der Waals surface area contributed by atoms with Crippen LogP contribution in [0.25, 0.3) is 0 Å². The van der Waals surface area contributed by atoms with Gasteiger partial charge in [-0.3, -0.25) is 4.72 Å². The van der Waals surface area contributed by atoms with Crippen LogP contribution < -0.4 is 10.5 Å². The van der Waals surface area contributed by atoms with Crippen molar-refractivity contribution in [1.29, 1.82) is 0 Å². The van der Waals surface area contributed by atoms with Crippen LogP contribution in [0.3, 0.4) is 0 Å². The Balaban J connectivity index is 2.41. The molecule has 2 rings (SSSR count). The molecule has 5 nitrogen and oxygen atoms in total. The molecule has 1 aromatic carbocycles. The van der Waals surface area contributed by atoms with Crippen LogP contribution in [0.5, 0.6) is 0 Å². The fraction of sp³-hybridized carbons (Fsp3) is 0.182. The summed E-state index contributed by atoms with van der Waals surface area (Å²) in [5.74, 6) is -0.632.